The summed E-state index contributed by atoms with van der Waals surface area (Å²) in [4.78, 5) is 123. The minimum atomic E-state index is -1.32. The van der Waals surface area contributed by atoms with E-state index >= 15 is 28.8 Å². The average Bonchev–Trinajstić information content (AvgIpc) is 1.17. The first-order chi connectivity index (χ1) is 47.9. The lowest BCUT2D eigenvalue weighted by molar-refractivity contribution is -0.127. The first kappa shape index (κ1) is 63.6. The molecule has 6 aliphatic rings. The van der Waals surface area contributed by atoms with Gasteiger partial charge in [-0.2, -0.15) is 0 Å². The lowest BCUT2D eigenvalue weighted by Crippen LogP contribution is -2.54. The number of nitrogens with zero attached hydrogens (tertiary/aromatic N) is 2. The van der Waals surface area contributed by atoms with E-state index < -0.39 is 47.5 Å². The number of para-hydroxylation sites is 4. The number of amides is 8. The van der Waals surface area contributed by atoms with Gasteiger partial charge in [0.25, 0.3) is 23.6 Å². The lowest BCUT2D eigenvalue weighted by Gasteiger charge is -2.37. The summed E-state index contributed by atoms with van der Waals surface area (Å²) in [5.74, 6) is -2.99. The number of carbonyl (C=O) groups excluding carboxylic acids is 8. The molecule has 2 aliphatic carbocycles. The molecule has 0 aromatic heterocycles. The van der Waals surface area contributed by atoms with Crippen molar-refractivity contribution >= 4 is 90.3 Å². The maximum absolute atomic E-state index is 16.3. The van der Waals surface area contributed by atoms with Gasteiger partial charge in [-0.05, 0) is 97.5 Å². The molecule has 4 aliphatic heterocycles. The molecule has 15 rings (SSSR count). The molecule has 0 radical (unpaired) electrons. The molecule has 8 amide bonds. The molecule has 4 fully saturated rings. The summed E-state index contributed by atoms with van der Waals surface area (Å²) in [6.45, 7) is 1.70. The Labute approximate surface area is 564 Å². The van der Waals surface area contributed by atoms with Crippen LogP contribution in [0.5, 0.6) is 46.0 Å². The molecular weight excluding hydrogens is 1240 g/mol. The summed E-state index contributed by atoms with van der Waals surface area (Å²) in [6.07, 6.45) is 9.01. The van der Waals surface area contributed by atoms with Crippen molar-refractivity contribution < 1.29 is 66.8 Å². The topological polar surface area (TPSA) is 253 Å². The summed E-state index contributed by atoms with van der Waals surface area (Å²) in [5, 5.41) is 13.8. The lowest BCUT2D eigenvalue weighted by atomic mass is 9.79. The molecule has 4 unspecified atom stereocenters. The van der Waals surface area contributed by atoms with Crippen molar-refractivity contribution in [3.63, 3.8) is 0 Å². The van der Waals surface area contributed by atoms with E-state index in [-0.39, 0.29) is 131 Å². The highest BCUT2D eigenvalue weighted by Crippen LogP contribution is 2.58. The maximum Gasteiger partial charge on any atom is 0.262 e. The highest BCUT2D eigenvalue weighted by molar-refractivity contribution is 6.45. The minimum Gasteiger partial charge on any atom is -0.457 e. The monoisotopic (exact) mass is 1320 g/mol. The molecule has 20 heteroatoms. The second-order valence-electron chi connectivity index (χ2n) is 26.4. The second kappa shape index (κ2) is 27.6. The number of imide groups is 2. The molecule has 2 saturated heterocycles. The van der Waals surface area contributed by atoms with Crippen LogP contribution in [0.4, 0.5) is 0 Å². The standard InChI is InChI=1S/C78H74N6O14/c85-63(81-41-51-43-93-51)31-33-79-73(87)57(35-45-19-7-1-8-20-45)83-75(89)53-37-59(95-47-23-11-3-12-24-47)67-69-61(97-49-27-15-5-16-28-49)39-55-66-56(78(92)84(77(55)91)58(36-46-21-9-2-10-22-46)74(88)80-34-32-64(86)82-42-52-44-94-52)40-62(98-50-29-17-6-18-30-50)70(72(66)69)68-60(96-48-25-13-4-14-26-48)38-54(76(83)90)65(53)71(67)68/h3-6,11-18,23-30,37-40,45-46,51-52,57-58H,1-2,7-10,19-22,31-36,41-44H2,(H,79,87)(H,80,88)(H,81,85)(H,82,86). The number of hydrogen-bond donors (Lipinski definition) is 4. The van der Waals surface area contributed by atoms with Gasteiger partial charge in [0.05, 0.1) is 47.7 Å². The summed E-state index contributed by atoms with van der Waals surface area (Å²) >= 11 is 0. The van der Waals surface area contributed by atoms with Crippen LogP contribution in [0.2, 0.25) is 0 Å². The SMILES string of the molecule is O=C(CCNC(=O)C(CC1CCCCC1)N1C(=O)c2cc(Oc3ccccc3)c3c4c(Oc5ccccc5)cc5c6c(cc(Oc7ccccc7)c(c7c(Oc8ccccc8)cc(c2c37)C1=O)c64)C(=O)N(C(CC1CCCCC1)C(=O)NCCC(=O)NCC1CO1)C5=O)NCC1CO1. The average molecular weight is 1320 g/mol. The number of ether oxygens (including phenoxy) is 6. The number of rotatable bonds is 26. The Hall–Kier alpha value is -10.4. The highest BCUT2D eigenvalue weighted by atomic mass is 16.6. The van der Waals surface area contributed by atoms with E-state index in [1.165, 1.54) is 0 Å². The van der Waals surface area contributed by atoms with E-state index in [0.29, 0.717) is 81.6 Å². The second-order valence-corrected chi connectivity index (χ2v) is 26.4. The summed E-state index contributed by atoms with van der Waals surface area (Å²) in [5.41, 5.74) is 0.118. The van der Waals surface area contributed by atoms with Gasteiger partial charge in [-0.1, -0.05) is 137 Å². The van der Waals surface area contributed by atoms with Crippen molar-refractivity contribution in [2.24, 2.45) is 11.8 Å². The van der Waals surface area contributed by atoms with Gasteiger partial charge < -0.3 is 49.7 Å². The van der Waals surface area contributed by atoms with E-state index in [1.54, 1.807) is 121 Å². The maximum atomic E-state index is 16.3. The quantitative estimate of drug-likeness (QED) is 0.0170. The third-order valence-corrected chi connectivity index (χ3v) is 19.8. The fourth-order valence-corrected chi connectivity index (χ4v) is 14.9. The molecule has 9 aromatic rings. The predicted octanol–water partition coefficient (Wildman–Crippen LogP) is 12.8. The normalized spacial score (nSPS) is 18.2. The molecule has 20 nitrogen and oxygen atoms in total. The number of nitrogens with one attached hydrogen (secondary N) is 4. The molecule has 4 atom stereocenters. The van der Waals surface area contributed by atoms with E-state index in [1.807, 2.05) is 24.3 Å². The van der Waals surface area contributed by atoms with Crippen molar-refractivity contribution in [1.82, 2.24) is 31.1 Å². The van der Waals surface area contributed by atoms with Crippen molar-refractivity contribution in [2.75, 3.05) is 39.4 Å². The molecule has 2 saturated carbocycles. The van der Waals surface area contributed by atoms with Gasteiger partial charge >= 0.3 is 0 Å². The van der Waals surface area contributed by atoms with Crippen molar-refractivity contribution in [3.05, 3.63) is 168 Å². The molecule has 98 heavy (non-hydrogen) atoms. The van der Waals surface area contributed by atoms with E-state index in [4.69, 9.17) is 28.4 Å². The predicted molar refractivity (Wildman–Crippen MR) is 365 cm³/mol. The van der Waals surface area contributed by atoms with Crippen molar-refractivity contribution in [3.8, 4) is 46.0 Å². The fraction of sp³-hybridized carbons (Fsp3) is 0.333. The Bertz CT molecular complexity index is 4090. The Morgan fingerprint density at radius 2 is 0.673 bits per heavy atom. The van der Waals surface area contributed by atoms with Crippen molar-refractivity contribution in [2.45, 2.75) is 114 Å². The largest absolute Gasteiger partial charge is 0.457 e. The molecule has 0 bridgehead atoms. The van der Waals surface area contributed by atoms with Gasteiger partial charge in [-0.3, -0.25) is 48.2 Å². The third kappa shape index (κ3) is 12.9. The molecule has 500 valence electrons. The van der Waals surface area contributed by atoms with Gasteiger partial charge in [0, 0.05) is 82.1 Å². The number of carbonyl (C=O) groups is 8. The van der Waals surface area contributed by atoms with Gasteiger partial charge in [0.15, 0.2) is 0 Å². The van der Waals surface area contributed by atoms with Crippen LogP contribution in [-0.2, 0) is 28.7 Å². The van der Waals surface area contributed by atoms with Crippen molar-refractivity contribution in [1.29, 1.82) is 0 Å². The smallest absolute Gasteiger partial charge is 0.262 e. The van der Waals surface area contributed by atoms with Crippen LogP contribution in [0.25, 0.3) is 43.1 Å². The van der Waals surface area contributed by atoms with Crippen LogP contribution in [0.3, 0.4) is 0 Å². The number of benzene rings is 9. The van der Waals surface area contributed by atoms with Crippen LogP contribution in [0, 0.1) is 11.8 Å². The summed E-state index contributed by atoms with van der Waals surface area (Å²) < 4.78 is 39.1. The molecular formula is C78H74N6O14. The minimum absolute atomic E-state index is 0.0135. The van der Waals surface area contributed by atoms with Crippen LogP contribution >= 0.6 is 0 Å². The van der Waals surface area contributed by atoms with Gasteiger partial charge in [-0.25, -0.2) is 0 Å². The fourth-order valence-electron chi connectivity index (χ4n) is 14.9. The summed E-state index contributed by atoms with van der Waals surface area (Å²) in [6, 6.07) is 39.6. The Balaban J connectivity index is 0.979. The Kier molecular flexibility index (Phi) is 17.9. The van der Waals surface area contributed by atoms with Gasteiger partial charge in [-0.15, -0.1) is 0 Å². The van der Waals surface area contributed by atoms with Gasteiger partial charge in [0.2, 0.25) is 23.6 Å². The number of hydrogen-bond acceptors (Lipinski definition) is 14. The third-order valence-electron chi connectivity index (χ3n) is 19.8. The van der Waals surface area contributed by atoms with Crippen LogP contribution < -0.4 is 40.2 Å². The first-order valence-corrected chi connectivity index (χ1v) is 34.3. The number of fused-ring (bicyclic) bond motifs is 2. The zero-order valence-electron chi connectivity index (χ0n) is 54.1. The van der Waals surface area contributed by atoms with Crippen LogP contribution in [-0.4, -0.2) is 121 Å². The Morgan fingerprint density at radius 1 is 0.388 bits per heavy atom. The van der Waals surface area contributed by atoms with E-state index in [0.717, 1.165) is 74.0 Å². The van der Waals surface area contributed by atoms with Crippen LogP contribution in [0.15, 0.2) is 146 Å². The molecule has 4 heterocycles. The highest BCUT2D eigenvalue weighted by Gasteiger charge is 2.47. The molecule has 0 spiro atoms. The number of epoxide rings is 2. The van der Waals surface area contributed by atoms with Crippen LogP contribution in [0.1, 0.15) is 131 Å². The van der Waals surface area contributed by atoms with E-state index in [2.05, 4.69) is 21.3 Å². The van der Waals surface area contributed by atoms with E-state index in [9.17, 15) is 9.59 Å². The molecule has 9 aromatic carbocycles. The Morgan fingerprint density at radius 3 is 0.949 bits per heavy atom. The first-order valence-electron chi connectivity index (χ1n) is 34.3. The zero-order chi connectivity index (χ0) is 67.0. The molecule has 4 N–H and O–H groups in total. The zero-order valence-corrected chi connectivity index (χ0v) is 54.1. The summed E-state index contributed by atoms with van der Waals surface area (Å²) in [7, 11) is 0. The van der Waals surface area contributed by atoms with Gasteiger partial charge in [0.1, 0.15) is 58.1 Å².